The molecule has 0 amide bonds. The molecule has 0 aliphatic heterocycles. The minimum atomic E-state index is -0.205. The second-order valence-corrected chi connectivity index (χ2v) is 8.64. The number of aromatic nitrogens is 3. The van der Waals surface area contributed by atoms with Crippen molar-refractivity contribution in [3.63, 3.8) is 0 Å². The number of methoxy groups -OCH3 is 1. The van der Waals surface area contributed by atoms with Crippen LogP contribution in [0.15, 0.2) is 59.9 Å². The van der Waals surface area contributed by atoms with Crippen LogP contribution >= 0.6 is 11.3 Å². The maximum Gasteiger partial charge on any atom is 0.291 e. The maximum atomic E-state index is 12.9. The third kappa shape index (κ3) is 5.28. The first kappa shape index (κ1) is 23.5. The minimum Gasteiger partial charge on any atom is -0.493 e. The molecular formula is C26H27N3O4S. The molecule has 2 aromatic carbocycles. The van der Waals surface area contributed by atoms with Gasteiger partial charge in [0.1, 0.15) is 12.4 Å². The Morgan fingerprint density at radius 3 is 2.62 bits per heavy atom. The molecule has 4 rings (SSSR count). The van der Waals surface area contributed by atoms with Crippen molar-refractivity contribution in [1.82, 2.24) is 14.6 Å². The first-order valence-corrected chi connectivity index (χ1v) is 12.0. The Morgan fingerprint density at radius 1 is 1.09 bits per heavy atom. The number of nitrogens with zero attached hydrogens (tertiary/aromatic N) is 3. The summed E-state index contributed by atoms with van der Waals surface area (Å²) in [5, 5.41) is 4.42. The average Bonchev–Trinajstić information content (AvgIpc) is 3.40. The van der Waals surface area contributed by atoms with E-state index in [1.54, 1.807) is 13.2 Å². The Bertz CT molecular complexity index is 1380. The molecule has 0 unspecified atom stereocenters. The van der Waals surface area contributed by atoms with E-state index in [9.17, 15) is 4.79 Å². The van der Waals surface area contributed by atoms with E-state index in [0.717, 1.165) is 36.1 Å². The fraction of sp³-hybridized carbons (Fsp3) is 0.269. The van der Waals surface area contributed by atoms with Gasteiger partial charge in [0.05, 0.1) is 18.2 Å². The molecule has 0 N–H and O–H groups in total. The number of thiazole rings is 1. The highest BCUT2D eigenvalue weighted by Gasteiger charge is 2.13. The van der Waals surface area contributed by atoms with Crippen LogP contribution in [0.4, 0.5) is 0 Å². The molecule has 0 aliphatic carbocycles. The van der Waals surface area contributed by atoms with Gasteiger partial charge in [-0.25, -0.2) is 0 Å². The van der Waals surface area contributed by atoms with E-state index in [-0.39, 0.29) is 5.56 Å². The number of rotatable bonds is 11. The van der Waals surface area contributed by atoms with Crippen LogP contribution in [0.3, 0.4) is 0 Å². The van der Waals surface area contributed by atoms with Crippen molar-refractivity contribution < 1.29 is 14.2 Å². The van der Waals surface area contributed by atoms with E-state index in [4.69, 9.17) is 14.2 Å². The Kier molecular flexibility index (Phi) is 7.59. The zero-order chi connectivity index (χ0) is 23.9. The Balaban J connectivity index is 1.56. The maximum absolute atomic E-state index is 12.9. The van der Waals surface area contributed by atoms with Gasteiger partial charge >= 0.3 is 0 Å². The van der Waals surface area contributed by atoms with Crippen molar-refractivity contribution in [2.24, 2.45) is 0 Å². The predicted octanol–water partition coefficient (Wildman–Crippen LogP) is 4.51. The normalized spacial score (nSPS) is 11.6. The summed E-state index contributed by atoms with van der Waals surface area (Å²) in [7, 11) is 1.61. The fourth-order valence-electron chi connectivity index (χ4n) is 3.39. The monoisotopic (exact) mass is 477 g/mol. The largest absolute Gasteiger partial charge is 0.493 e. The topological polar surface area (TPSA) is 75.0 Å². The molecule has 0 saturated carbocycles. The molecule has 0 saturated heterocycles. The third-order valence-electron chi connectivity index (χ3n) is 5.15. The lowest BCUT2D eigenvalue weighted by molar-refractivity contribution is 0.286. The SMILES string of the molecule is C=CCOc1ccc(-c2nc3s/c(=C\c4ccc(OCCCCC)c(OC)c4)c(=O)n3n2)cc1. The summed E-state index contributed by atoms with van der Waals surface area (Å²) in [6, 6.07) is 13.1. The summed E-state index contributed by atoms with van der Waals surface area (Å²) in [6.07, 6.45) is 6.79. The summed E-state index contributed by atoms with van der Waals surface area (Å²) >= 11 is 1.30. The first-order chi connectivity index (χ1) is 16.6. The van der Waals surface area contributed by atoms with Gasteiger partial charge in [0.2, 0.25) is 4.96 Å². The van der Waals surface area contributed by atoms with Gasteiger partial charge in [-0.05, 0) is 54.5 Å². The molecule has 0 fully saturated rings. The number of ether oxygens (including phenoxy) is 3. The van der Waals surface area contributed by atoms with Crippen LogP contribution in [-0.2, 0) is 0 Å². The Morgan fingerprint density at radius 2 is 1.91 bits per heavy atom. The second-order valence-electron chi connectivity index (χ2n) is 7.64. The van der Waals surface area contributed by atoms with Crippen molar-refractivity contribution in [2.45, 2.75) is 26.2 Å². The van der Waals surface area contributed by atoms with E-state index in [1.807, 2.05) is 48.5 Å². The van der Waals surface area contributed by atoms with Crippen LogP contribution in [-0.4, -0.2) is 34.9 Å². The molecule has 0 aliphatic rings. The molecule has 0 spiro atoms. The van der Waals surface area contributed by atoms with Gasteiger partial charge in [-0.1, -0.05) is 49.8 Å². The lowest BCUT2D eigenvalue weighted by Gasteiger charge is -2.11. The molecule has 34 heavy (non-hydrogen) atoms. The fourth-order valence-corrected chi connectivity index (χ4v) is 4.30. The lowest BCUT2D eigenvalue weighted by Crippen LogP contribution is -2.23. The van der Waals surface area contributed by atoms with Crippen molar-refractivity contribution in [2.75, 3.05) is 20.3 Å². The quantitative estimate of drug-likeness (QED) is 0.234. The summed E-state index contributed by atoms with van der Waals surface area (Å²) < 4.78 is 18.7. The van der Waals surface area contributed by atoms with Gasteiger partial charge in [0, 0.05) is 5.56 Å². The van der Waals surface area contributed by atoms with Crippen molar-refractivity contribution in [1.29, 1.82) is 0 Å². The Hall–Kier alpha value is -3.65. The zero-order valence-corrected chi connectivity index (χ0v) is 20.1. The zero-order valence-electron chi connectivity index (χ0n) is 19.3. The van der Waals surface area contributed by atoms with Crippen LogP contribution in [0, 0.1) is 0 Å². The molecule has 2 heterocycles. The molecule has 0 atom stereocenters. The number of fused-ring (bicyclic) bond motifs is 1. The molecular weight excluding hydrogens is 450 g/mol. The second kappa shape index (κ2) is 11.0. The van der Waals surface area contributed by atoms with Crippen LogP contribution in [0.1, 0.15) is 31.7 Å². The van der Waals surface area contributed by atoms with E-state index in [0.29, 0.717) is 40.0 Å². The summed E-state index contributed by atoms with van der Waals surface area (Å²) in [6.45, 7) is 6.89. The highest BCUT2D eigenvalue weighted by Crippen LogP contribution is 2.28. The molecule has 0 radical (unpaired) electrons. The van der Waals surface area contributed by atoms with Crippen LogP contribution < -0.4 is 24.3 Å². The molecule has 7 nitrogen and oxygen atoms in total. The third-order valence-corrected chi connectivity index (χ3v) is 6.11. The smallest absolute Gasteiger partial charge is 0.291 e. The van der Waals surface area contributed by atoms with Crippen molar-refractivity contribution in [3.8, 4) is 28.6 Å². The molecule has 0 bridgehead atoms. The average molecular weight is 478 g/mol. The first-order valence-electron chi connectivity index (χ1n) is 11.2. The van der Waals surface area contributed by atoms with Crippen molar-refractivity contribution >= 4 is 22.4 Å². The van der Waals surface area contributed by atoms with Crippen molar-refractivity contribution in [3.05, 3.63) is 75.6 Å². The predicted molar refractivity (Wildman–Crippen MR) is 135 cm³/mol. The minimum absolute atomic E-state index is 0.205. The standard InChI is InChI=1S/C26H27N3O4S/c1-4-6-7-15-33-21-13-8-18(16-22(21)31-3)17-23-25(30)29-26(34-23)27-24(28-29)19-9-11-20(12-10-19)32-14-5-2/h5,8-13,16-17H,2,4,6-7,14-15H2,1,3H3/b23-17-. The number of unbranched alkanes of at least 4 members (excludes halogenated alkanes) is 2. The number of hydrogen-bond acceptors (Lipinski definition) is 7. The van der Waals surface area contributed by atoms with E-state index in [2.05, 4.69) is 23.6 Å². The van der Waals surface area contributed by atoms with E-state index >= 15 is 0 Å². The van der Waals surface area contributed by atoms with Gasteiger partial charge < -0.3 is 14.2 Å². The van der Waals surface area contributed by atoms with E-state index in [1.165, 1.54) is 15.9 Å². The van der Waals surface area contributed by atoms with Gasteiger partial charge in [-0.2, -0.15) is 9.50 Å². The lowest BCUT2D eigenvalue weighted by atomic mass is 10.2. The highest BCUT2D eigenvalue weighted by atomic mass is 32.1. The molecule has 8 heteroatoms. The summed E-state index contributed by atoms with van der Waals surface area (Å²) in [5.74, 6) is 2.57. The van der Waals surface area contributed by atoms with Crippen LogP contribution in [0.5, 0.6) is 17.2 Å². The summed E-state index contributed by atoms with van der Waals surface area (Å²) in [5.41, 5.74) is 1.45. The van der Waals surface area contributed by atoms with Gasteiger partial charge in [0.25, 0.3) is 5.56 Å². The van der Waals surface area contributed by atoms with Gasteiger partial charge in [-0.15, -0.1) is 5.10 Å². The van der Waals surface area contributed by atoms with E-state index < -0.39 is 0 Å². The molecule has 4 aromatic rings. The van der Waals surface area contributed by atoms with Crippen LogP contribution in [0.2, 0.25) is 0 Å². The highest BCUT2D eigenvalue weighted by molar-refractivity contribution is 7.15. The summed E-state index contributed by atoms with van der Waals surface area (Å²) in [4.78, 5) is 18.0. The number of benzene rings is 2. The number of hydrogen-bond donors (Lipinski definition) is 0. The van der Waals surface area contributed by atoms with Gasteiger partial charge in [-0.3, -0.25) is 4.79 Å². The Labute approximate surface area is 201 Å². The molecule has 176 valence electrons. The van der Waals surface area contributed by atoms with Gasteiger partial charge in [0.15, 0.2) is 17.3 Å². The molecule has 2 aromatic heterocycles. The van der Waals surface area contributed by atoms with Crippen LogP contribution in [0.25, 0.3) is 22.4 Å².